The number of nitrogens with zero attached hydrogens (tertiary/aromatic N) is 2. The van der Waals surface area contributed by atoms with Crippen molar-refractivity contribution in [3.63, 3.8) is 0 Å². The summed E-state index contributed by atoms with van der Waals surface area (Å²) in [6.45, 7) is 1.33. The Hall–Kier alpha value is -3.26. The van der Waals surface area contributed by atoms with Crippen molar-refractivity contribution < 1.29 is 9.53 Å². The highest BCUT2D eigenvalue weighted by Crippen LogP contribution is 2.16. The summed E-state index contributed by atoms with van der Waals surface area (Å²) in [5.74, 6) is 0.240. The van der Waals surface area contributed by atoms with Gasteiger partial charge in [-0.15, -0.1) is 0 Å². The summed E-state index contributed by atoms with van der Waals surface area (Å²) in [4.78, 5) is 11.9. The lowest BCUT2D eigenvalue weighted by Gasteiger charge is -2.09. The molecule has 1 N–H and O–H groups in total. The summed E-state index contributed by atoms with van der Waals surface area (Å²) in [6.07, 6.45) is 2.90. The van der Waals surface area contributed by atoms with Gasteiger partial charge in [-0.05, 0) is 36.1 Å². The number of fused-ring (bicyclic) bond motifs is 1. The fourth-order valence-electron chi connectivity index (χ4n) is 2.69. The molecule has 0 fully saturated rings. The number of nitriles is 1. The molecular formula is C20H19N3O2. The molecule has 3 aromatic rings. The molecule has 0 unspecified atom stereocenters. The number of benzene rings is 2. The summed E-state index contributed by atoms with van der Waals surface area (Å²) >= 11 is 0. The minimum absolute atomic E-state index is 0.0921. The van der Waals surface area contributed by atoms with Gasteiger partial charge in [0.15, 0.2) is 6.61 Å². The monoisotopic (exact) mass is 333 g/mol. The standard InChI is InChI=1S/C20H19N3O2/c21-14-17-7-2-4-9-19(17)25-15-20(24)22-11-5-12-23-13-10-16-6-1-3-8-18(16)23/h1-4,6-10,13H,5,11-12,15H2,(H,22,24). The molecule has 0 bridgehead atoms. The van der Waals surface area contributed by atoms with Gasteiger partial charge in [-0.25, -0.2) is 0 Å². The molecule has 0 aliphatic heterocycles. The van der Waals surface area contributed by atoms with Crippen LogP contribution in [0.15, 0.2) is 60.8 Å². The van der Waals surface area contributed by atoms with E-state index in [9.17, 15) is 4.79 Å². The molecule has 126 valence electrons. The van der Waals surface area contributed by atoms with E-state index in [1.54, 1.807) is 24.3 Å². The van der Waals surface area contributed by atoms with Crippen molar-refractivity contribution in [1.82, 2.24) is 9.88 Å². The predicted octanol–water partition coefficient (Wildman–Crippen LogP) is 3.10. The largest absolute Gasteiger partial charge is 0.482 e. The Bertz CT molecular complexity index is 908. The molecule has 5 heteroatoms. The van der Waals surface area contributed by atoms with Gasteiger partial charge in [0.25, 0.3) is 5.91 Å². The number of aryl methyl sites for hydroxylation is 1. The van der Waals surface area contributed by atoms with E-state index >= 15 is 0 Å². The van der Waals surface area contributed by atoms with Crippen LogP contribution in [-0.4, -0.2) is 23.6 Å². The smallest absolute Gasteiger partial charge is 0.257 e. The minimum atomic E-state index is -0.190. The second kappa shape index (κ2) is 8.02. The maximum absolute atomic E-state index is 11.9. The predicted molar refractivity (Wildman–Crippen MR) is 96.2 cm³/mol. The number of amides is 1. The van der Waals surface area contributed by atoms with Crippen LogP contribution in [0.5, 0.6) is 5.75 Å². The van der Waals surface area contributed by atoms with E-state index in [1.807, 2.05) is 18.2 Å². The fraction of sp³-hybridized carbons (Fsp3) is 0.200. The number of nitrogens with one attached hydrogen (secondary N) is 1. The van der Waals surface area contributed by atoms with Crippen molar-refractivity contribution in [3.05, 3.63) is 66.4 Å². The molecule has 2 aromatic carbocycles. The van der Waals surface area contributed by atoms with Gasteiger partial charge in [-0.2, -0.15) is 5.26 Å². The summed E-state index contributed by atoms with van der Waals surface area (Å²) in [5, 5.41) is 13.0. The van der Waals surface area contributed by atoms with Crippen molar-refractivity contribution in [1.29, 1.82) is 5.26 Å². The maximum Gasteiger partial charge on any atom is 0.257 e. The average Bonchev–Trinajstić information content (AvgIpc) is 3.07. The number of para-hydroxylation sites is 2. The lowest BCUT2D eigenvalue weighted by Crippen LogP contribution is -2.30. The van der Waals surface area contributed by atoms with Gasteiger partial charge in [0.2, 0.25) is 0 Å². The Morgan fingerprint density at radius 1 is 1.12 bits per heavy atom. The van der Waals surface area contributed by atoms with Crippen molar-refractivity contribution in [2.24, 2.45) is 0 Å². The molecule has 0 saturated heterocycles. The summed E-state index contributed by atoms with van der Waals surface area (Å²) in [5.41, 5.74) is 1.63. The first-order chi connectivity index (χ1) is 12.3. The third-order valence-electron chi connectivity index (χ3n) is 3.94. The van der Waals surface area contributed by atoms with Crippen LogP contribution in [0.2, 0.25) is 0 Å². The number of carbonyl (C=O) groups is 1. The van der Waals surface area contributed by atoms with E-state index < -0.39 is 0 Å². The molecule has 3 rings (SSSR count). The Kier molecular flexibility index (Phi) is 5.32. The number of hydrogen-bond donors (Lipinski definition) is 1. The normalized spacial score (nSPS) is 10.4. The summed E-state index contributed by atoms with van der Waals surface area (Å²) in [7, 11) is 0. The van der Waals surface area contributed by atoms with Crippen LogP contribution in [0, 0.1) is 11.3 Å². The average molecular weight is 333 g/mol. The van der Waals surface area contributed by atoms with Gasteiger partial charge in [0.05, 0.1) is 5.56 Å². The summed E-state index contributed by atoms with van der Waals surface area (Å²) in [6, 6.07) is 19.2. The van der Waals surface area contributed by atoms with Gasteiger partial charge in [0.1, 0.15) is 11.8 Å². The SMILES string of the molecule is N#Cc1ccccc1OCC(=O)NCCCn1ccc2ccccc21. The minimum Gasteiger partial charge on any atom is -0.482 e. The highest BCUT2D eigenvalue weighted by atomic mass is 16.5. The van der Waals surface area contributed by atoms with Crippen LogP contribution in [0.4, 0.5) is 0 Å². The molecule has 1 aromatic heterocycles. The second-order valence-corrected chi connectivity index (χ2v) is 5.67. The highest BCUT2D eigenvalue weighted by Gasteiger charge is 2.06. The fourth-order valence-corrected chi connectivity index (χ4v) is 2.69. The Morgan fingerprint density at radius 2 is 1.92 bits per heavy atom. The number of aromatic nitrogens is 1. The van der Waals surface area contributed by atoms with Crippen LogP contribution in [0.3, 0.4) is 0 Å². The summed E-state index contributed by atoms with van der Waals surface area (Å²) < 4.78 is 7.59. The number of carbonyl (C=O) groups excluding carboxylic acids is 1. The van der Waals surface area contributed by atoms with Crippen LogP contribution >= 0.6 is 0 Å². The lowest BCUT2D eigenvalue weighted by atomic mass is 10.2. The third-order valence-corrected chi connectivity index (χ3v) is 3.94. The molecule has 0 atom stereocenters. The van der Waals surface area contributed by atoms with E-state index in [-0.39, 0.29) is 12.5 Å². The van der Waals surface area contributed by atoms with Crippen molar-refractivity contribution in [2.75, 3.05) is 13.2 Å². The lowest BCUT2D eigenvalue weighted by molar-refractivity contribution is -0.123. The van der Waals surface area contributed by atoms with Gasteiger partial charge in [-0.3, -0.25) is 4.79 Å². The Balaban J connectivity index is 1.42. The van der Waals surface area contributed by atoms with Crippen LogP contribution in [-0.2, 0) is 11.3 Å². The van der Waals surface area contributed by atoms with Crippen molar-refractivity contribution >= 4 is 16.8 Å². The molecule has 0 aliphatic carbocycles. The van der Waals surface area contributed by atoms with Crippen LogP contribution in [0.25, 0.3) is 10.9 Å². The Labute approximate surface area is 146 Å². The molecule has 1 amide bonds. The molecule has 0 saturated carbocycles. The first-order valence-corrected chi connectivity index (χ1v) is 8.20. The third kappa shape index (κ3) is 4.18. The van der Waals surface area contributed by atoms with Crippen LogP contribution < -0.4 is 10.1 Å². The van der Waals surface area contributed by atoms with Gasteiger partial charge >= 0.3 is 0 Å². The van der Waals surface area contributed by atoms with Gasteiger partial charge < -0.3 is 14.6 Å². The first kappa shape index (κ1) is 16.6. The molecule has 5 nitrogen and oxygen atoms in total. The molecule has 0 spiro atoms. The molecule has 0 radical (unpaired) electrons. The van der Waals surface area contributed by atoms with E-state index in [1.165, 1.54) is 10.9 Å². The molecule has 1 heterocycles. The van der Waals surface area contributed by atoms with Crippen LogP contribution in [0.1, 0.15) is 12.0 Å². The zero-order valence-electron chi connectivity index (χ0n) is 13.8. The number of rotatable bonds is 7. The molecule has 0 aliphatic rings. The van der Waals surface area contributed by atoms with E-state index in [0.717, 1.165) is 13.0 Å². The molecule has 25 heavy (non-hydrogen) atoms. The first-order valence-electron chi connectivity index (χ1n) is 8.20. The quantitative estimate of drug-likeness (QED) is 0.676. The maximum atomic E-state index is 11.9. The van der Waals surface area contributed by atoms with Gasteiger partial charge in [-0.1, -0.05) is 30.3 Å². The number of hydrogen-bond acceptors (Lipinski definition) is 3. The molecular weight excluding hydrogens is 314 g/mol. The van der Waals surface area contributed by atoms with Crippen molar-refractivity contribution in [2.45, 2.75) is 13.0 Å². The van der Waals surface area contributed by atoms with E-state index in [0.29, 0.717) is 17.9 Å². The number of ether oxygens (including phenoxy) is 1. The van der Waals surface area contributed by atoms with E-state index in [4.69, 9.17) is 10.00 Å². The highest BCUT2D eigenvalue weighted by molar-refractivity contribution is 5.80. The Morgan fingerprint density at radius 3 is 2.80 bits per heavy atom. The van der Waals surface area contributed by atoms with Gasteiger partial charge in [0, 0.05) is 24.8 Å². The second-order valence-electron chi connectivity index (χ2n) is 5.67. The zero-order chi connectivity index (χ0) is 17.5. The topological polar surface area (TPSA) is 67.0 Å². The zero-order valence-corrected chi connectivity index (χ0v) is 13.8. The van der Waals surface area contributed by atoms with E-state index in [2.05, 4.69) is 34.3 Å². The van der Waals surface area contributed by atoms with Crippen molar-refractivity contribution in [3.8, 4) is 11.8 Å².